The van der Waals surface area contributed by atoms with Gasteiger partial charge in [-0.05, 0) is 65.7 Å². The van der Waals surface area contributed by atoms with Crippen molar-refractivity contribution in [3.05, 3.63) is 71.4 Å². The van der Waals surface area contributed by atoms with E-state index in [4.69, 9.17) is 14.2 Å². The third-order valence-corrected chi connectivity index (χ3v) is 6.19. The van der Waals surface area contributed by atoms with Gasteiger partial charge in [0.1, 0.15) is 0 Å². The van der Waals surface area contributed by atoms with E-state index in [-0.39, 0.29) is 5.92 Å². The van der Waals surface area contributed by atoms with Gasteiger partial charge in [0.25, 0.3) is 6.01 Å². The molecule has 0 saturated heterocycles. The first-order chi connectivity index (χ1) is 19.4. The molecule has 0 saturated carbocycles. The van der Waals surface area contributed by atoms with Crippen LogP contribution in [0.3, 0.4) is 0 Å². The maximum atomic E-state index is 13.0. The summed E-state index contributed by atoms with van der Waals surface area (Å²) in [5.41, 5.74) is 5.25. The zero-order chi connectivity index (χ0) is 28.2. The van der Waals surface area contributed by atoms with Crippen LogP contribution in [-0.4, -0.2) is 60.1 Å². The third-order valence-electron chi connectivity index (χ3n) is 6.19. The second kappa shape index (κ2) is 11.4. The first kappa shape index (κ1) is 26.6. The van der Waals surface area contributed by atoms with Crippen molar-refractivity contribution in [2.45, 2.75) is 34.2 Å². The number of nitrogens with one attached hydrogen (secondary N) is 1. The Morgan fingerprint density at radius 3 is 2.58 bits per heavy atom. The third kappa shape index (κ3) is 5.41. The number of tetrazole rings is 1. The molecule has 0 bridgehead atoms. The van der Waals surface area contributed by atoms with Crippen molar-refractivity contribution in [2.75, 3.05) is 13.4 Å². The van der Waals surface area contributed by atoms with Crippen molar-refractivity contribution in [3.63, 3.8) is 0 Å². The number of rotatable bonds is 10. The zero-order valence-electron chi connectivity index (χ0n) is 22.6. The van der Waals surface area contributed by atoms with Crippen LogP contribution in [0, 0.1) is 12.8 Å². The van der Waals surface area contributed by atoms with Gasteiger partial charge >= 0.3 is 11.9 Å². The number of nitrogens with zero attached hydrogens (tertiary/aromatic N) is 6. The number of ether oxygens (including phenoxy) is 3. The molecule has 12 nitrogen and oxygen atoms in total. The standard InChI is InChI=1S/C28H29N7O5/c1-5-38-28-29-22-8-6-7-21(27(37)40-16-39-26(36)17(2)3)24(22)35(28)15-19-9-11-20(12-10-19)34-14-18(4)13-23(34)25-30-32-33-31-25/h6-14,17H,5,15-16H2,1-4H3,(H,30,31,32,33). The number of fused-ring (bicyclic) bond motifs is 1. The van der Waals surface area contributed by atoms with Crippen LogP contribution in [0.25, 0.3) is 28.2 Å². The lowest BCUT2D eigenvalue weighted by Gasteiger charge is -2.13. The summed E-state index contributed by atoms with van der Waals surface area (Å²) in [6, 6.07) is 15.6. The Bertz CT molecular complexity index is 1640. The van der Waals surface area contributed by atoms with Gasteiger partial charge in [-0.25, -0.2) is 9.89 Å². The van der Waals surface area contributed by atoms with Crippen molar-refractivity contribution in [3.8, 4) is 23.2 Å². The van der Waals surface area contributed by atoms with Gasteiger partial charge in [0.15, 0.2) is 5.82 Å². The number of para-hydroxylation sites is 1. The molecule has 40 heavy (non-hydrogen) atoms. The van der Waals surface area contributed by atoms with Gasteiger partial charge in [-0.15, -0.1) is 5.10 Å². The summed E-state index contributed by atoms with van der Waals surface area (Å²) in [5, 5.41) is 14.2. The van der Waals surface area contributed by atoms with Crippen LogP contribution in [0.5, 0.6) is 6.01 Å². The molecule has 0 fully saturated rings. The van der Waals surface area contributed by atoms with Gasteiger partial charge in [0.2, 0.25) is 6.79 Å². The minimum atomic E-state index is -0.626. The van der Waals surface area contributed by atoms with Gasteiger partial charge < -0.3 is 18.8 Å². The van der Waals surface area contributed by atoms with Crippen LogP contribution in [0.15, 0.2) is 54.7 Å². The summed E-state index contributed by atoms with van der Waals surface area (Å²) in [6.45, 7) is 7.62. The first-order valence-corrected chi connectivity index (χ1v) is 12.8. The number of hydrogen-bond acceptors (Lipinski definition) is 9. The largest absolute Gasteiger partial charge is 0.465 e. The lowest BCUT2D eigenvalue weighted by molar-refractivity contribution is -0.155. The maximum absolute atomic E-state index is 13.0. The molecule has 12 heteroatoms. The lowest BCUT2D eigenvalue weighted by Crippen LogP contribution is -2.17. The van der Waals surface area contributed by atoms with Crippen LogP contribution < -0.4 is 4.74 Å². The summed E-state index contributed by atoms with van der Waals surface area (Å²) >= 11 is 0. The average Bonchev–Trinajstić information content (AvgIpc) is 3.68. The molecule has 0 atom stereocenters. The van der Waals surface area contributed by atoms with Gasteiger partial charge in [-0.1, -0.05) is 32.0 Å². The zero-order valence-corrected chi connectivity index (χ0v) is 22.6. The Balaban J connectivity index is 1.44. The molecular weight excluding hydrogens is 514 g/mol. The van der Waals surface area contributed by atoms with Crippen LogP contribution in [-0.2, 0) is 20.8 Å². The summed E-state index contributed by atoms with van der Waals surface area (Å²) in [6.07, 6.45) is 2.01. The van der Waals surface area contributed by atoms with Gasteiger partial charge in [-0.3, -0.25) is 9.36 Å². The van der Waals surface area contributed by atoms with Gasteiger partial charge in [0, 0.05) is 11.9 Å². The number of H-pyrrole nitrogens is 1. The van der Waals surface area contributed by atoms with Crippen molar-refractivity contribution < 1.29 is 23.8 Å². The van der Waals surface area contributed by atoms with Gasteiger partial charge in [0.05, 0.1) is 41.4 Å². The van der Waals surface area contributed by atoms with Gasteiger partial charge in [-0.2, -0.15) is 4.98 Å². The van der Waals surface area contributed by atoms with E-state index in [1.54, 1.807) is 32.0 Å². The predicted octanol–water partition coefficient (Wildman–Crippen LogP) is 4.08. The number of esters is 2. The number of hydrogen-bond donors (Lipinski definition) is 1. The highest BCUT2D eigenvalue weighted by Crippen LogP contribution is 2.28. The topological polar surface area (TPSA) is 139 Å². The number of benzene rings is 2. The Labute approximate surface area is 229 Å². The molecule has 0 radical (unpaired) electrons. The molecule has 0 unspecified atom stereocenters. The van der Waals surface area contributed by atoms with E-state index in [1.165, 1.54) is 0 Å². The van der Waals surface area contributed by atoms with Crippen molar-refractivity contribution in [2.24, 2.45) is 5.92 Å². The fourth-order valence-corrected chi connectivity index (χ4v) is 4.30. The summed E-state index contributed by atoms with van der Waals surface area (Å²) in [5.74, 6) is -0.824. The highest BCUT2D eigenvalue weighted by molar-refractivity contribution is 6.02. The predicted molar refractivity (Wildman–Crippen MR) is 145 cm³/mol. The fourth-order valence-electron chi connectivity index (χ4n) is 4.30. The second-order valence-electron chi connectivity index (χ2n) is 9.44. The normalized spacial score (nSPS) is 11.2. The maximum Gasteiger partial charge on any atom is 0.343 e. The van der Waals surface area contributed by atoms with E-state index in [0.717, 1.165) is 22.5 Å². The molecule has 2 aromatic carbocycles. The number of imidazole rings is 1. The lowest BCUT2D eigenvalue weighted by atomic mass is 10.1. The molecule has 0 aliphatic rings. The molecule has 0 aliphatic carbocycles. The Hall–Kier alpha value is -5.00. The van der Waals surface area contributed by atoms with Crippen molar-refractivity contribution >= 4 is 23.0 Å². The van der Waals surface area contributed by atoms with E-state index >= 15 is 0 Å². The van der Waals surface area contributed by atoms with Crippen molar-refractivity contribution in [1.82, 2.24) is 34.7 Å². The number of aromatic nitrogens is 7. The number of aryl methyl sites for hydroxylation is 1. The molecule has 5 aromatic rings. The van der Waals surface area contributed by atoms with E-state index in [1.807, 2.05) is 59.5 Å². The summed E-state index contributed by atoms with van der Waals surface area (Å²) in [7, 11) is 0. The molecule has 1 N–H and O–H groups in total. The van der Waals surface area contributed by atoms with E-state index in [2.05, 4.69) is 25.6 Å². The molecule has 0 aliphatic heterocycles. The highest BCUT2D eigenvalue weighted by Gasteiger charge is 2.21. The molecule has 3 heterocycles. The second-order valence-corrected chi connectivity index (χ2v) is 9.44. The Morgan fingerprint density at radius 2 is 1.88 bits per heavy atom. The van der Waals surface area contributed by atoms with Crippen LogP contribution in [0.4, 0.5) is 0 Å². The molecule has 3 aromatic heterocycles. The molecule has 0 spiro atoms. The smallest absolute Gasteiger partial charge is 0.343 e. The van der Waals surface area contributed by atoms with E-state index in [9.17, 15) is 9.59 Å². The van der Waals surface area contributed by atoms with Crippen LogP contribution in [0.1, 0.15) is 42.3 Å². The average molecular weight is 544 g/mol. The SMILES string of the molecule is CCOc1nc2cccc(C(=O)OCOC(=O)C(C)C)c2n1Cc1ccc(-n2cc(C)cc2-c2nnn[nH]2)cc1. The number of aromatic amines is 1. The molecule has 206 valence electrons. The fraction of sp³-hybridized carbons (Fsp3) is 0.286. The van der Waals surface area contributed by atoms with E-state index < -0.39 is 18.7 Å². The minimum absolute atomic E-state index is 0.293. The monoisotopic (exact) mass is 543 g/mol. The number of carbonyl (C=O) groups excluding carboxylic acids is 2. The molecule has 5 rings (SSSR count). The quantitative estimate of drug-likeness (QED) is 0.204. The number of carbonyl (C=O) groups is 2. The van der Waals surface area contributed by atoms with E-state index in [0.29, 0.717) is 41.6 Å². The Kier molecular flexibility index (Phi) is 7.58. The van der Waals surface area contributed by atoms with Crippen molar-refractivity contribution in [1.29, 1.82) is 0 Å². The molecule has 0 amide bonds. The first-order valence-electron chi connectivity index (χ1n) is 12.8. The van der Waals surface area contributed by atoms with Crippen LogP contribution in [0.2, 0.25) is 0 Å². The summed E-state index contributed by atoms with van der Waals surface area (Å²) in [4.78, 5) is 29.3. The summed E-state index contributed by atoms with van der Waals surface area (Å²) < 4.78 is 20.0. The Morgan fingerprint density at radius 1 is 1.07 bits per heavy atom. The van der Waals surface area contributed by atoms with Crippen LogP contribution >= 0.6 is 0 Å². The minimum Gasteiger partial charge on any atom is -0.465 e. The highest BCUT2D eigenvalue weighted by atomic mass is 16.7. The molecular formula is C28H29N7O5.